The minimum Gasteiger partial charge on any atom is -0.468 e. The average Bonchev–Trinajstić information content (AvgIpc) is 3.24. The minimum atomic E-state index is -1.75. The van der Waals surface area contributed by atoms with Gasteiger partial charge in [0.1, 0.15) is 6.04 Å². The van der Waals surface area contributed by atoms with E-state index >= 15 is 0 Å². The van der Waals surface area contributed by atoms with Gasteiger partial charge in [0.2, 0.25) is 0 Å². The lowest BCUT2D eigenvalue weighted by Crippen LogP contribution is -2.46. The molecule has 3 aromatic rings. The Labute approximate surface area is 207 Å². The molecule has 0 radical (unpaired) electrons. The Morgan fingerprint density at radius 3 is 2.47 bits per heavy atom. The highest BCUT2D eigenvalue weighted by Gasteiger charge is 2.67. The van der Waals surface area contributed by atoms with Gasteiger partial charge in [0, 0.05) is 29.3 Å². The molecule has 1 fully saturated rings. The fourth-order valence-electron chi connectivity index (χ4n) is 5.51. The van der Waals surface area contributed by atoms with Gasteiger partial charge in [0.25, 0.3) is 5.69 Å². The summed E-state index contributed by atoms with van der Waals surface area (Å²) in [6.07, 6.45) is 3.60. The third-order valence-corrected chi connectivity index (χ3v) is 7.02. The molecule has 2 aliphatic rings. The Morgan fingerprint density at radius 2 is 1.78 bits per heavy atom. The molecule has 0 spiro atoms. The van der Waals surface area contributed by atoms with Crippen molar-refractivity contribution in [2.75, 3.05) is 12.0 Å². The van der Waals surface area contributed by atoms with Crippen LogP contribution in [-0.4, -0.2) is 35.9 Å². The van der Waals surface area contributed by atoms with Crippen molar-refractivity contribution >= 4 is 29.2 Å². The van der Waals surface area contributed by atoms with Gasteiger partial charge in [-0.25, -0.2) is 0 Å². The quantitative estimate of drug-likeness (QED) is 0.229. The maximum Gasteiger partial charge on any atom is 0.329 e. The second-order valence-corrected chi connectivity index (χ2v) is 8.75. The van der Waals surface area contributed by atoms with E-state index in [0.29, 0.717) is 11.3 Å². The van der Waals surface area contributed by atoms with Crippen LogP contribution in [0.2, 0.25) is 0 Å². The van der Waals surface area contributed by atoms with Crippen LogP contribution in [0.3, 0.4) is 0 Å². The molecule has 0 aliphatic carbocycles. The summed E-state index contributed by atoms with van der Waals surface area (Å²) < 4.78 is 5.18. The first kappa shape index (κ1) is 23.0. The van der Waals surface area contributed by atoms with Gasteiger partial charge >= 0.3 is 5.97 Å². The number of nitrogens with zero attached hydrogens (tertiary/aromatic N) is 3. The Hall–Kier alpha value is -4.77. The van der Waals surface area contributed by atoms with Gasteiger partial charge < -0.3 is 9.64 Å². The molecule has 3 aromatic carbocycles. The number of Topliss-reactive ketones (excluding diaryl/α,β-unsaturated/α-hetero) is 1. The molecule has 2 aliphatic heterocycles. The van der Waals surface area contributed by atoms with Crippen LogP contribution in [0, 0.1) is 26.9 Å². The number of carbonyl (C=O) groups is 2. The first-order chi connectivity index (χ1) is 17.4. The number of fused-ring (bicyclic) bond motifs is 3. The number of anilines is 1. The van der Waals surface area contributed by atoms with Crippen LogP contribution < -0.4 is 4.90 Å². The smallest absolute Gasteiger partial charge is 0.329 e. The summed E-state index contributed by atoms with van der Waals surface area (Å²) >= 11 is 0. The number of para-hydroxylation sites is 1. The van der Waals surface area contributed by atoms with Crippen molar-refractivity contribution in [1.29, 1.82) is 5.26 Å². The molecule has 8 heteroatoms. The van der Waals surface area contributed by atoms with Gasteiger partial charge in [-0.15, -0.1) is 0 Å². The van der Waals surface area contributed by atoms with E-state index in [0.717, 1.165) is 5.56 Å². The zero-order valence-corrected chi connectivity index (χ0v) is 19.3. The van der Waals surface area contributed by atoms with Crippen molar-refractivity contribution < 1.29 is 19.2 Å². The lowest BCUT2D eigenvalue weighted by atomic mass is 9.68. The first-order valence-electron chi connectivity index (χ1n) is 11.3. The predicted octanol–water partition coefficient (Wildman–Crippen LogP) is 4.53. The molecule has 0 aromatic heterocycles. The number of methoxy groups -OCH3 is 1. The van der Waals surface area contributed by atoms with Gasteiger partial charge in [-0.1, -0.05) is 72.8 Å². The summed E-state index contributed by atoms with van der Waals surface area (Å²) in [5.41, 5.74) is 0.297. The number of nitriles is 1. The second-order valence-electron chi connectivity index (χ2n) is 8.75. The number of benzene rings is 3. The van der Waals surface area contributed by atoms with E-state index in [9.17, 15) is 25.0 Å². The maximum absolute atomic E-state index is 14.2. The van der Waals surface area contributed by atoms with Crippen LogP contribution in [-0.2, 0) is 9.53 Å². The second kappa shape index (κ2) is 8.78. The van der Waals surface area contributed by atoms with E-state index in [1.807, 2.05) is 36.4 Å². The van der Waals surface area contributed by atoms with Crippen LogP contribution >= 0.6 is 0 Å². The monoisotopic (exact) mass is 479 g/mol. The number of non-ortho nitro benzene ring substituents is 1. The van der Waals surface area contributed by atoms with Gasteiger partial charge in [-0.05, 0) is 17.2 Å². The van der Waals surface area contributed by atoms with E-state index in [1.165, 1.54) is 31.4 Å². The van der Waals surface area contributed by atoms with E-state index in [-0.39, 0.29) is 11.3 Å². The van der Waals surface area contributed by atoms with E-state index in [4.69, 9.17) is 4.74 Å². The highest BCUT2D eigenvalue weighted by atomic mass is 16.6. The summed E-state index contributed by atoms with van der Waals surface area (Å²) in [5.74, 6) is -2.08. The van der Waals surface area contributed by atoms with E-state index in [2.05, 4.69) is 6.07 Å². The van der Waals surface area contributed by atoms with Gasteiger partial charge in [-0.3, -0.25) is 19.7 Å². The number of ether oxygens (including phenoxy) is 1. The average molecular weight is 479 g/mol. The summed E-state index contributed by atoms with van der Waals surface area (Å²) in [5, 5.41) is 22.0. The number of carbonyl (C=O) groups excluding carboxylic acids is 2. The summed E-state index contributed by atoms with van der Waals surface area (Å²) in [4.78, 5) is 40.4. The van der Waals surface area contributed by atoms with Crippen molar-refractivity contribution in [3.63, 3.8) is 0 Å². The number of hydrogen-bond acceptors (Lipinski definition) is 7. The molecule has 178 valence electrons. The molecule has 0 N–H and O–H groups in total. The molecule has 8 nitrogen and oxygen atoms in total. The predicted molar refractivity (Wildman–Crippen MR) is 132 cm³/mol. The minimum absolute atomic E-state index is 0.125. The summed E-state index contributed by atoms with van der Waals surface area (Å²) in [7, 11) is 1.23. The molecule has 36 heavy (non-hydrogen) atoms. The summed E-state index contributed by atoms with van der Waals surface area (Å²) in [6, 6.07) is 22.3. The lowest BCUT2D eigenvalue weighted by Gasteiger charge is -2.36. The van der Waals surface area contributed by atoms with Crippen LogP contribution in [0.1, 0.15) is 27.4 Å². The van der Waals surface area contributed by atoms with Gasteiger partial charge in [-0.2, -0.15) is 5.26 Å². The number of esters is 1. The van der Waals surface area contributed by atoms with Gasteiger partial charge in [0.15, 0.2) is 11.2 Å². The van der Waals surface area contributed by atoms with Crippen molar-refractivity contribution in [3.05, 3.63) is 112 Å². The van der Waals surface area contributed by atoms with Crippen molar-refractivity contribution in [2.24, 2.45) is 5.41 Å². The molecule has 2 heterocycles. The molecule has 1 saturated heterocycles. The van der Waals surface area contributed by atoms with Crippen molar-refractivity contribution in [1.82, 2.24) is 0 Å². The van der Waals surface area contributed by atoms with Crippen LogP contribution in [0.25, 0.3) is 6.08 Å². The topological polar surface area (TPSA) is 114 Å². The fraction of sp³-hybridized carbons (Fsp3) is 0.179. The molecule has 0 saturated carbocycles. The number of hydrogen-bond donors (Lipinski definition) is 0. The Bertz CT molecular complexity index is 1440. The van der Waals surface area contributed by atoms with Crippen LogP contribution in [0.15, 0.2) is 84.9 Å². The van der Waals surface area contributed by atoms with Gasteiger partial charge in [0.05, 0.1) is 24.1 Å². The highest BCUT2D eigenvalue weighted by molar-refractivity contribution is 6.06. The number of rotatable bonds is 5. The van der Waals surface area contributed by atoms with Crippen molar-refractivity contribution in [3.8, 4) is 6.07 Å². The zero-order valence-electron chi connectivity index (χ0n) is 19.3. The molecule has 0 unspecified atom stereocenters. The fourth-order valence-corrected chi connectivity index (χ4v) is 5.51. The molecule has 0 amide bonds. The summed E-state index contributed by atoms with van der Waals surface area (Å²) in [6.45, 7) is 0. The Kier molecular flexibility index (Phi) is 5.61. The van der Waals surface area contributed by atoms with Crippen LogP contribution in [0.5, 0.6) is 0 Å². The normalized spacial score (nSPS) is 23.8. The third kappa shape index (κ3) is 3.28. The Morgan fingerprint density at radius 1 is 1.06 bits per heavy atom. The maximum atomic E-state index is 14.2. The van der Waals surface area contributed by atoms with E-state index in [1.54, 1.807) is 35.2 Å². The van der Waals surface area contributed by atoms with E-state index < -0.39 is 40.1 Å². The number of nitro benzene ring substituents is 1. The lowest BCUT2D eigenvalue weighted by molar-refractivity contribution is -0.384. The third-order valence-electron chi connectivity index (χ3n) is 7.02. The van der Waals surface area contributed by atoms with Crippen LogP contribution in [0.4, 0.5) is 11.4 Å². The SMILES string of the molecule is COC(=O)[C@]1(C#N)[C@H](c2ccccc2)[C@@H](C(=O)c2cccc([N+](=O)[O-])c2)N2c3ccccc3C=C[C@@H]21. The zero-order chi connectivity index (χ0) is 25.4. The molecular formula is C28H21N3O5. The molecule has 5 rings (SSSR count). The first-order valence-corrected chi connectivity index (χ1v) is 11.3. The van der Waals surface area contributed by atoms with Crippen molar-refractivity contribution in [2.45, 2.75) is 18.0 Å². The highest BCUT2D eigenvalue weighted by Crippen LogP contribution is 2.56. The Balaban J connectivity index is 1.80. The largest absolute Gasteiger partial charge is 0.468 e. The molecular weight excluding hydrogens is 458 g/mol. The molecule has 0 bridgehead atoms. The number of nitro groups is 1. The standard InChI is InChI=1S/C28H21N3O5/c1-36-27(33)28(17-29)23-15-14-18-8-5-6-13-22(18)30(23)25(24(28)19-9-3-2-4-10-19)26(32)20-11-7-12-21(16-20)31(34)35/h2-16,23-25H,1H3/t23-,24-,25+,28+/m1/s1. The molecule has 4 atom stereocenters. The number of ketones is 1.